The lowest BCUT2D eigenvalue weighted by Crippen LogP contribution is -2.58. The number of hydrogen-bond donors (Lipinski definition) is 2. The third kappa shape index (κ3) is 4.76. The predicted molar refractivity (Wildman–Crippen MR) is 137 cm³/mol. The largest absolute Gasteiger partial charge is 0.481 e. The average Bonchev–Trinajstić information content (AvgIpc) is 3.28. The van der Waals surface area contributed by atoms with Crippen LogP contribution in [0.5, 0.6) is 0 Å². The van der Waals surface area contributed by atoms with Crippen molar-refractivity contribution in [2.45, 2.75) is 48.6 Å². The van der Waals surface area contributed by atoms with Crippen LogP contribution in [0.2, 0.25) is 0 Å². The van der Waals surface area contributed by atoms with E-state index in [0.717, 1.165) is 12.6 Å². The monoisotopic (exact) mass is 571 g/mol. The second-order valence-corrected chi connectivity index (χ2v) is 16.5. The average molecular weight is 572 g/mol. The van der Waals surface area contributed by atoms with E-state index in [9.17, 15) is 35.2 Å². The minimum atomic E-state index is -4.61. The van der Waals surface area contributed by atoms with E-state index in [-0.39, 0.29) is 16.2 Å². The lowest BCUT2D eigenvalue weighted by Gasteiger charge is -2.44. The Labute approximate surface area is 216 Å². The number of fused-ring (bicyclic) bond motifs is 1. The van der Waals surface area contributed by atoms with Crippen LogP contribution in [-0.4, -0.2) is 72.9 Å². The summed E-state index contributed by atoms with van der Waals surface area (Å²) in [6, 6.07) is 9.47. The summed E-state index contributed by atoms with van der Waals surface area (Å²) in [6.07, 6.45) is 0.468. The summed E-state index contributed by atoms with van der Waals surface area (Å²) >= 11 is 0. The van der Waals surface area contributed by atoms with E-state index in [1.807, 2.05) is 9.62 Å². The van der Waals surface area contributed by atoms with Gasteiger partial charge in [-0.1, -0.05) is 12.1 Å². The van der Waals surface area contributed by atoms with Gasteiger partial charge in [0.2, 0.25) is 10.0 Å². The summed E-state index contributed by atoms with van der Waals surface area (Å²) in [5, 5.41) is 9.43. The molecule has 0 amide bonds. The Bertz CT molecular complexity index is 1530. The Balaban J connectivity index is 1.58. The van der Waals surface area contributed by atoms with Gasteiger partial charge in [0.1, 0.15) is 0 Å². The van der Waals surface area contributed by atoms with Gasteiger partial charge in [-0.25, -0.2) is 21.6 Å². The summed E-state index contributed by atoms with van der Waals surface area (Å²) in [6.45, 7) is 4.19. The number of piperazine rings is 1. The Hall–Kier alpha value is -2.52. The fraction of sp³-hybridized carbons (Fsp3) is 0.435. The minimum absolute atomic E-state index is 0.140. The van der Waals surface area contributed by atoms with Gasteiger partial charge in [-0.3, -0.25) is 4.79 Å². The predicted octanol–water partition coefficient (Wildman–Crippen LogP) is 1.01. The molecule has 11 nitrogen and oxygen atoms in total. The first-order valence-corrected chi connectivity index (χ1v) is 16.5. The highest BCUT2D eigenvalue weighted by Crippen LogP contribution is 2.36. The van der Waals surface area contributed by atoms with Crippen molar-refractivity contribution in [3.05, 3.63) is 53.6 Å². The molecule has 0 radical (unpaired) electrons. The molecule has 37 heavy (non-hydrogen) atoms. The molecule has 2 aromatic carbocycles. The van der Waals surface area contributed by atoms with Crippen molar-refractivity contribution in [2.24, 2.45) is 5.92 Å². The van der Waals surface area contributed by atoms with Crippen LogP contribution in [0.25, 0.3) is 0 Å². The second-order valence-electron chi connectivity index (χ2n) is 9.38. The molecule has 3 atom stereocenters. The molecule has 2 aliphatic rings. The number of carboxylic acid groups (broad SMARTS) is 1. The van der Waals surface area contributed by atoms with Crippen molar-refractivity contribution in [1.82, 2.24) is 9.03 Å². The maximum atomic E-state index is 13.8. The summed E-state index contributed by atoms with van der Waals surface area (Å²) in [5.41, 5.74) is 1.93. The van der Waals surface area contributed by atoms with Crippen molar-refractivity contribution in [1.29, 1.82) is 0 Å². The highest BCUT2D eigenvalue weighted by Gasteiger charge is 2.41. The number of nitrogens with zero attached hydrogens (tertiary/aromatic N) is 2. The highest BCUT2D eigenvalue weighted by atomic mass is 33.2. The van der Waals surface area contributed by atoms with Gasteiger partial charge in [-0.15, -0.1) is 0 Å². The van der Waals surface area contributed by atoms with Crippen molar-refractivity contribution in [2.75, 3.05) is 25.0 Å². The van der Waals surface area contributed by atoms with Gasteiger partial charge in [-0.05, 0) is 75.2 Å². The number of nitrogens with one attached hydrogen (secondary N) is 1. The molecule has 1 aliphatic carbocycles. The number of rotatable bonds is 7. The van der Waals surface area contributed by atoms with Crippen molar-refractivity contribution < 1.29 is 35.2 Å². The normalized spacial score (nSPS) is 23.1. The molecule has 2 aromatic rings. The van der Waals surface area contributed by atoms with E-state index in [4.69, 9.17) is 0 Å². The molecular weight excluding hydrogens is 542 g/mol. The van der Waals surface area contributed by atoms with Crippen molar-refractivity contribution in [3.8, 4) is 0 Å². The fourth-order valence-electron chi connectivity index (χ4n) is 5.20. The molecule has 1 unspecified atom stereocenters. The third-order valence-electron chi connectivity index (χ3n) is 6.92. The molecule has 1 heterocycles. The third-order valence-corrected chi connectivity index (χ3v) is 13.9. The van der Waals surface area contributed by atoms with Crippen LogP contribution in [0.3, 0.4) is 0 Å². The molecule has 1 fully saturated rings. The molecule has 0 bridgehead atoms. The molecule has 1 aliphatic heterocycles. The quantitative estimate of drug-likeness (QED) is 0.463. The number of carboxylic acids is 1. The summed E-state index contributed by atoms with van der Waals surface area (Å²) in [5.74, 6) is -1.59. The summed E-state index contributed by atoms with van der Waals surface area (Å²) in [4.78, 5) is 13.2. The van der Waals surface area contributed by atoms with Crippen LogP contribution in [0.15, 0.2) is 52.3 Å². The zero-order valence-electron chi connectivity index (χ0n) is 20.5. The topological polar surface area (TPSA) is 158 Å². The maximum Gasteiger partial charge on any atom is 0.321 e. The number of hydrogen-bond acceptors (Lipinski definition) is 8. The first-order valence-electron chi connectivity index (χ1n) is 11.6. The molecule has 4 rings (SSSR count). The van der Waals surface area contributed by atoms with E-state index in [0.29, 0.717) is 30.8 Å². The fourth-order valence-corrected chi connectivity index (χ4v) is 9.98. The van der Waals surface area contributed by atoms with Gasteiger partial charge in [0.15, 0.2) is 0 Å². The van der Waals surface area contributed by atoms with Gasteiger partial charge in [-0.2, -0.15) is 12.7 Å². The Morgan fingerprint density at radius 2 is 1.51 bits per heavy atom. The van der Waals surface area contributed by atoms with Crippen LogP contribution in [0.4, 0.5) is 5.69 Å². The van der Waals surface area contributed by atoms with Gasteiger partial charge >= 0.3 is 15.0 Å². The smallest absolute Gasteiger partial charge is 0.321 e. The first-order chi connectivity index (χ1) is 17.2. The summed E-state index contributed by atoms with van der Waals surface area (Å²) in [7, 11) is -12.1. The molecule has 202 valence electrons. The minimum Gasteiger partial charge on any atom is -0.481 e. The second kappa shape index (κ2) is 9.66. The molecule has 14 heteroatoms. The number of carbonyl (C=O) groups is 1. The highest BCUT2D eigenvalue weighted by molar-refractivity contribution is 8.66. The first kappa shape index (κ1) is 27.5. The van der Waals surface area contributed by atoms with E-state index in [1.165, 1.54) is 34.6 Å². The van der Waals surface area contributed by atoms with Crippen LogP contribution >= 0.6 is 0 Å². The van der Waals surface area contributed by atoms with Crippen molar-refractivity contribution >= 4 is 39.6 Å². The lowest BCUT2D eigenvalue weighted by atomic mass is 10.1. The molecule has 1 saturated heterocycles. The van der Waals surface area contributed by atoms with Crippen LogP contribution in [0, 0.1) is 5.92 Å². The number of benzene rings is 2. The maximum absolute atomic E-state index is 13.8. The zero-order valence-corrected chi connectivity index (χ0v) is 23.0. The number of sulfonamides is 1. The molecule has 0 spiro atoms. The number of anilines is 1. The van der Waals surface area contributed by atoms with Crippen LogP contribution in [0.1, 0.15) is 25.0 Å². The van der Waals surface area contributed by atoms with Crippen molar-refractivity contribution in [3.63, 3.8) is 0 Å². The Morgan fingerprint density at radius 1 is 0.919 bits per heavy atom. The lowest BCUT2D eigenvalue weighted by molar-refractivity contribution is -0.141. The summed E-state index contributed by atoms with van der Waals surface area (Å²) < 4.78 is 79.2. The van der Waals surface area contributed by atoms with Crippen LogP contribution < -0.4 is 9.62 Å². The van der Waals surface area contributed by atoms with E-state index in [2.05, 4.69) is 0 Å². The molecule has 2 N–H and O–H groups in total. The zero-order chi connectivity index (χ0) is 27.3. The molecule has 0 saturated carbocycles. The van der Waals surface area contributed by atoms with E-state index in [1.54, 1.807) is 26.0 Å². The Kier molecular flexibility index (Phi) is 7.18. The van der Waals surface area contributed by atoms with Gasteiger partial charge in [0.05, 0.1) is 15.7 Å². The van der Waals surface area contributed by atoms with Gasteiger partial charge in [0.25, 0.3) is 8.87 Å². The van der Waals surface area contributed by atoms with E-state index < -0.39 is 51.9 Å². The number of aliphatic carboxylic acids is 1. The SMILES string of the molecule is CNS(=O)(=O)S(=O)(=O)c1ccc(N2C[C@@H](C)N(S(=O)(=O)c3cccc4c3CC(C(=O)O)C4)[C@@H](C)C2)cc1. The standard InChI is InChI=1S/C23H29N3O8S3/c1-15-13-25(19-7-9-20(10-8-19)36(31,32)37(33,34)24-3)14-16(2)26(15)35(29,30)22-6-4-5-17-11-18(23(27)28)12-21(17)22/h4-10,15-16,18,24H,11-14H2,1-3H3,(H,27,28)/t15-,16+,18?. The van der Waals surface area contributed by atoms with Crippen LogP contribution in [-0.2, 0) is 45.6 Å². The molecule has 0 aromatic heterocycles. The molecular formula is C23H29N3O8S3. The van der Waals surface area contributed by atoms with Gasteiger partial charge < -0.3 is 10.0 Å². The Morgan fingerprint density at radius 3 is 2.05 bits per heavy atom. The van der Waals surface area contributed by atoms with Gasteiger partial charge in [0, 0.05) is 30.9 Å². The van der Waals surface area contributed by atoms with E-state index >= 15 is 0 Å².